The summed E-state index contributed by atoms with van der Waals surface area (Å²) < 4.78 is 5.02. The van der Waals surface area contributed by atoms with E-state index >= 15 is 0 Å². The van der Waals surface area contributed by atoms with Gasteiger partial charge >= 0.3 is 5.97 Å². The first-order chi connectivity index (χ1) is 8.65. The van der Waals surface area contributed by atoms with Crippen LogP contribution in [-0.2, 0) is 14.3 Å². The monoisotopic (exact) mass is 253 g/mol. The van der Waals surface area contributed by atoms with E-state index in [1.807, 2.05) is 0 Å². The number of hydrogen-bond acceptors (Lipinski definition) is 3. The predicted octanol–water partition coefficient (Wildman–Crippen LogP) is 1.19. The van der Waals surface area contributed by atoms with E-state index in [1.165, 1.54) is 0 Å². The number of carbonyl (C=O) groups excluding carboxylic acids is 1. The summed E-state index contributed by atoms with van der Waals surface area (Å²) in [6, 6.07) is 0.121. The smallest absolute Gasteiger partial charge is 0.308 e. The van der Waals surface area contributed by atoms with Gasteiger partial charge in [0.15, 0.2) is 0 Å². The molecule has 1 fully saturated rings. The van der Waals surface area contributed by atoms with Crippen LogP contribution in [0.25, 0.3) is 0 Å². The van der Waals surface area contributed by atoms with E-state index in [1.54, 1.807) is 12.0 Å². The van der Waals surface area contributed by atoms with Gasteiger partial charge in [0.05, 0.1) is 19.1 Å². The molecule has 0 aromatic heterocycles. The number of hydrogen-bond donors (Lipinski definition) is 1. The molecule has 1 aliphatic carbocycles. The van der Waals surface area contributed by atoms with Crippen molar-refractivity contribution in [2.24, 2.45) is 0 Å². The maximum atomic E-state index is 12.3. The highest BCUT2D eigenvalue weighted by atomic mass is 16.5. The number of nitrogens with zero attached hydrogens (tertiary/aromatic N) is 1. The van der Waals surface area contributed by atoms with Crippen molar-refractivity contribution in [1.29, 1.82) is 0 Å². The third-order valence-corrected chi connectivity index (χ3v) is 3.72. The van der Waals surface area contributed by atoms with Gasteiger partial charge in [-0.15, -0.1) is 0 Å². The second kappa shape index (κ2) is 5.52. The first-order valence-corrected chi connectivity index (χ1v) is 6.38. The number of carbonyl (C=O) groups is 2. The molecule has 0 spiro atoms. The third-order valence-electron chi connectivity index (χ3n) is 3.72. The lowest BCUT2D eigenvalue weighted by atomic mass is 9.88. The lowest BCUT2D eigenvalue weighted by Gasteiger charge is -2.29. The average Bonchev–Trinajstić information content (AvgIpc) is 2.60. The zero-order chi connectivity index (χ0) is 13.1. The van der Waals surface area contributed by atoms with Crippen LogP contribution in [0.5, 0.6) is 0 Å². The maximum absolute atomic E-state index is 12.3. The van der Waals surface area contributed by atoms with E-state index in [4.69, 9.17) is 9.84 Å². The van der Waals surface area contributed by atoms with Gasteiger partial charge in [0.1, 0.15) is 0 Å². The van der Waals surface area contributed by atoms with Crippen molar-refractivity contribution < 1.29 is 19.4 Å². The van der Waals surface area contributed by atoms with Gasteiger partial charge in [-0.1, -0.05) is 6.42 Å². The highest BCUT2D eigenvalue weighted by molar-refractivity contribution is 6.01. The van der Waals surface area contributed by atoms with Gasteiger partial charge in [-0.25, -0.2) is 0 Å². The molecule has 100 valence electrons. The molecule has 2 aliphatic rings. The Morgan fingerprint density at radius 1 is 1.50 bits per heavy atom. The van der Waals surface area contributed by atoms with Crippen LogP contribution in [0.15, 0.2) is 11.1 Å². The Bertz CT molecular complexity index is 388. The first kappa shape index (κ1) is 13.1. The van der Waals surface area contributed by atoms with Gasteiger partial charge in [0.2, 0.25) is 0 Å². The molecule has 1 N–H and O–H groups in total. The van der Waals surface area contributed by atoms with Crippen molar-refractivity contribution in [2.45, 2.75) is 38.1 Å². The molecule has 18 heavy (non-hydrogen) atoms. The molecular weight excluding hydrogens is 234 g/mol. The fourth-order valence-electron chi connectivity index (χ4n) is 2.93. The highest BCUT2D eigenvalue weighted by Crippen LogP contribution is 2.37. The fraction of sp³-hybridized carbons (Fsp3) is 0.692. The van der Waals surface area contributed by atoms with E-state index in [2.05, 4.69) is 0 Å². The lowest BCUT2D eigenvalue weighted by Crippen LogP contribution is -2.39. The third kappa shape index (κ3) is 2.41. The van der Waals surface area contributed by atoms with Crippen molar-refractivity contribution in [3.63, 3.8) is 0 Å². The summed E-state index contributed by atoms with van der Waals surface area (Å²) >= 11 is 0. The number of rotatable bonds is 5. The Morgan fingerprint density at radius 3 is 2.94 bits per heavy atom. The van der Waals surface area contributed by atoms with E-state index < -0.39 is 5.97 Å². The normalized spacial score (nSPS) is 23.5. The summed E-state index contributed by atoms with van der Waals surface area (Å²) in [5.41, 5.74) is 1.58. The SMILES string of the molecule is COCCN1C(=O)C(CC(=O)O)=C2CCCC[C@H]21. The summed E-state index contributed by atoms with van der Waals surface area (Å²) in [6.45, 7) is 1.04. The van der Waals surface area contributed by atoms with Crippen LogP contribution < -0.4 is 0 Å². The Balaban J connectivity index is 2.20. The minimum absolute atomic E-state index is 0.101. The van der Waals surface area contributed by atoms with E-state index in [-0.39, 0.29) is 18.4 Å². The molecule has 0 aromatic carbocycles. The molecule has 1 aliphatic heterocycles. The number of carboxylic acids is 1. The predicted molar refractivity (Wildman–Crippen MR) is 65.1 cm³/mol. The Morgan fingerprint density at radius 2 is 2.28 bits per heavy atom. The zero-order valence-corrected chi connectivity index (χ0v) is 10.6. The Labute approximate surface area is 106 Å². The summed E-state index contributed by atoms with van der Waals surface area (Å²) in [5, 5.41) is 8.91. The van der Waals surface area contributed by atoms with Crippen LogP contribution in [0.3, 0.4) is 0 Å². The highest BCUT2D eigenvalue weighted by Gasteiger charge is 2.39. The second-order valence-electron chi connectivity index (χ2n) is 4.83. The summed E-state index contributed by atoms with van der Waals surface area (Å²) in [4.78, 5) is 24.9. The van der Waals surface area contributed by atoms with Gasteiger partial charge in [0, 0.05) is 19.2 Å². The maximum Gasteiger partial charge on any atom is 0.308 e. The number of fused-ring (bicyclic) bond motifs is 1. The quantitative estimate of drug-likeness (QED) is 0.799. The molecule has 0 radical (unpaired) electrons. The standard InChI is InChI=1S/C13H19NO4/c1-18-7-6-14-11-5-3-2-4-9(11)10(13(14)17)8-12(15)16/h11H,2-8H2,1H3,(H,15,16)/t11-/m1/s1. The molecule has 5 nitrogen and oxygen atoms in total. The fourth-order valence-corrected chi connectivity index (χ4v) is 2.93. The van der Waals surface area contributed by atoms with Crippen LogP contribution >= 0.6 is 0 Å². The Kier molecular flexibility index (Phi) is 4.01. The van der Waals surface area contributed by atoms with E-state index in [0.717, 1.165) is 31.3 Å². The summed E-state index contributed by atoms with van der Waals surface area (Å²) in [7, 11) is 1.61. The van der Waals surface area contributed by atoms with Gasteiger partial charge in [-0.2, -0.15) is 0 Å². The summed E-state index contributed by atoms with van der Waals surface area (Å²) in [6.07, 6.45) is 3.83. The van der Waals surface area contributed by atoms with E-state index in [9.17, 15) is 9.59 Å². The largest absolute Gasteiger partial charge is 0.481 e. The van der Waals surface area contributed by atoms with Crippen LogP contribution in [0, 0.1) is 0 Å². The number of ether oxygens (including phenoxy) is 1. The van der Waals surface area contributed by atoms with Crippen LogP contribution in [-0.4, -0.2) is 48.2 Å². The van der Waals surface area contributed by atoms with Crippen LogP contribution in [0.1, 0.15) is 32.1 Å². The van der Waals surface area contributed by atoms with Crippen molar-refractivity contribution in [3.05, 3.63) is 11.1 Å². The molecule has 0 saturated heterocycles. The average molecular weight is 253 g/mol. The number of amides is 1. The molecule has 1 heterocycles. The minimum Gasteiger partial charge on any atom is -0.481 e. The van der Waals surface area contributed by atoms with Gasteiger partial charge in [0.25, 0.3) is 5.91 Å². The molecule has 1 saturated carbocycles. The van der Waals surface area contributed by atoms with Crippen LogP contribution in [0.4, 0.5) is 0 Å². The lowest BCUT2D eigenvalue weighted by molar-refractivity contribution is -0.138. The molecule has 1 amide bonds. The van der Waals surface area contributed by atoms with Crippen molar-refractivity contribution >= 4 is 11.9 Å². The van der Waals surface area contributed by atoms with Gasteiger partial charge in [-0.05, 0) is 24.8 Å². The van der Waals surface area contributed by atoms with Crippen LogP contribution in [0.2, 0.25) is 0 Å². The van der Waals surface area contributed by atoms with Gasteiger partial charge in [-0.3, -0.25) is 9.59 Å². The second-order valence-corrected chi connectivity index (χ2v) is 4.83. The molecule has 0 unspecified atom stereocenters. The molecule has 5 heteroatoms. The van der Waals surface area contributed by atoms with E-state index in [0.29, 0.717) is 18.7 Å². The molecule has 0 bridgehead atoms. The molecule has 0 aromatic rings. The first-order valence-electron chi connectivity index (χ1n) is 6.38. The molecular formula is C13H19NO4. The van der Waals surface area contributed by atoms with Gasteiger partial charge < -0.3 is 14.7 Å². The van der Waals surface area contributed by atoms with Crippen molar-refractivity contribution in [2.75, 3.05) is 20.3 Å². The number of aliphatic carboxylic acids is 1. The minimum atomic E-state index is -0.927. The topological polar surface area (TPSA) is 66.8 Å². The molecule has 1 atom stereocenters. The van der Waals surface area contributed by atoms with Crippen molar-refractivity contribution in [3.8, 4) is 0 Å². The number of methoxy groups -OCH3 is 1. The molecule has 2 rings (SSSR count). The summed E-state index contributed by atoms with van der Waals surface area (Å²) in [5.74, 6) is -1.03. The van der Waals surface area contributed by atoms with Crippen molar-refractivity contribution in [1.82, 2.24) is 4.90 Å². The number of carboxylic acid groups (broad SMARTS) is 1. The Hall–Kier alpha value is -1.36. The zero-order valence-electron chi connectivity index (χ0n) is 10.6.